The van der Waals surface area contributed by atoms with Crippen molar-refractivity contribution in [2.45, 2.75) is 38.6 Å². The van der Waals surface area contributed by atoms with E-state index in [4.69, 9.17) is 0 Å². The van der Waals surface area contributed by atoms with E-state index in [1.54, 1.807) is 0 Å². The number of piperidine rings is 1. The third-order valence-corrected chi connectivity index (χ3v) is 5.75. The molecule has 0 aromatic heterocycles. The minimum absolute atomic E-state index is 0.867. The first-order chi connectivity index (χ1) is 7.72. The topological polar surface area (TPSA) is 6.48 Å². The van der Waals surface area contributed by atoms with Crippen LogP contribution in [0, 0.1) is 17.8 Å². The van der Waals surface area contributed by atoms with Gasteiger partial charge in [0.2, 0.25) is 0 Å². The Balaban J connectivity index is 1.58. The summed E-state index contributed by atoms with van der Waals surface area (Å²) in [5.41, 5.74) is 0. The summed E-state index contributed by atoms with van der Waals surface area (Å²) in [5, 5.41) is 0. The van der Waals surface area contributed by atoms with Gasteiger partial charge in [-0.3, -0.25) is 4.90 Å². The standard InChI is InChI=1S/C13H23IN2/c1-10-5-11-7-15(8-12(11)6-10)13-3-2-4-16(14)9-13/h10-13H,2-9H2,1H3. The quantitative estimate of drug-likeness (QED) is 0.537. The molecule has 0 spiro atoms. The third-order valence-electron chi connectivity index (χ3n) is 4.88. The molecule has 2 aliphatic heterocycles. The fraction of sp³-hybridized carbons (Fsp3) is 1.00. The second kappa shape index (κ2) is 4.73. The summed E-state index contributed by atoms with van der Waals surface area (Å²) in [6.07, 6.45) is 5.84. The molecular weight excluding hydrogens is 311 g/mol. The Kier molecular flexibility index (Phi) is 3.47. The molecule has 0 amide bonds. The number of rotatable bonds is 1. The van der Waals surface area contributed by atoms with E-state index in [0.29, 0.717) is 0 Å². The Hall–Kier alpha value is 0.650. The third kappa shape index (κ3) is 2.27. The van der Waals surface area contributed by atoms with Crippen molar-refractivity contribution >= 4 is 22.9 Å². The van der Waals surface area contributed by atoms with Gasteiger partial charge in [0.05, 0.1) is 0 Å². The maximum atomic E-state index is 2.81. The Bertz CT molecular complexity index is 244. The molecular formula is C13H23IN2. The monoisotopic (exact) mass is 334 g/mol. The van der Waals surface area contributed by atoms with Crippen molar-refractivity contribution in [1.29, 1.82) is 0 Å². The van der Waals surface area contributed by atoms with Gasteiger partial charge in [0, 0.05) is 55.1 Å². The molecule has 0 bridgehead atoms. The van der Waals surface area contributed by atoms with Crippen LogP contribution < -0.4 is 0 Å². The maximum Gasteiger partial charge on any atom is 0.0237 e. The molecule has 3 atom stereocenters. The summed E-state index contributed by atoms with van der Waals surface area (Å²) >= 11 is 2.50. The summed E-state index contributed by atoms with van der Waals surface area (Å²) in [6, 6.07) is 0.867. The number of nitrogens with zero attached hydrogens (tertiary/aromatic N) is 2. The van der Waals surface area contributed by atoms with Gasteiger partial charge in [-0.1, -0.05) is 6.92 Å². The predicted molar refractivity (Wildman–Crippen MR) is 75.6 cm³/mol. The molecule has 2 saturated heterocycles. The lowest BCUT2D eigenvalue weighted by molar-refractivity contribution is 0.162. The van der Waals surface area contributed by atoms with Crippen molar-refractivity contribution < 1.29 is 0 Å². The van der Waals surface area contributed by atoms with Gasteiger partial charge in [-0.2, -0.15) is 0 Å². The van der Waals surface area contributed by atoms with Crippen molar-refractivity contribution in [2.24, 2.45) is 17.8 Å². The summed E-state index contributed by atoms with van der Waals surface area (Å²) in [5.74, 6) is 3.09. The fourth-order valence-electron chi connectivity index (χ4n) is 4.14. The second-order valence-electron chi connectivity index (χ2n) is 6.22. The Morgan fingerprint density at radius 3 is 2.38 bits per heavy atom. The van der Waals surface area contributed by atoms with E-state index in [0.717, 1.165) is 23.8 Å². The lowest BCUT2D eigenvalue weighted by Gasteiger charge is -2.35. The molecule has 3 aliphatic rings. The highest BCUT2D eigenvalue weighted by atomic mass is 127. The number of likely N-dealkylation sites (tertiary alicyclic amines) is 1. The highest BCUT2D eigenvalue weighted by Crippen LogP contribution is 2.42. The van der Waals surface area contributed by atoms with Crippen molar-refractivity contribution in [3.05, 3.63) is 0 Å². The van der Waals surface area contributed by atoms with E-state index >= 15 is 0 Å². The van der Waals surface area contributed by atoms with Crippen LogP contribution in [0.5, 0.6) is 0 Å². The van der Waals surface area contributed by atoms with Crippen LogP contribution in [0.1, 0.15) is 32.6 Å². The molecule has 1 saturated carbocycles. The van der Waals surface area contributed by atoms with Crippen LogP contribution in [0.4, 0.5) is 0 Å². The highest BCUT2D eigenvalue weighted by Gasteiger charge is 2.41. The molecule has 0 N–H and O–H groups in total. The molecule has 3 unspecified atom stereocenters. The molecule has 0 radical (unpaired) electrons. The Labute approximate surface area is 113 Å². The van der Waals surface area contributed by atoms with Crippen LogP contribution in [-0.4, -0.2) is 40.2 Å². The van der Waals surface area contributed by atoms with E-state index in [2.05, 4.69) is 37.8 Å². The van der Waals surface area contributed by atoms with Crippen LogP contribution in [0.15, 0.2) is 0 Å². The largest absolute Gasteiger partial charge is 0.299 e. The first-order valence-electron chi connectivity index (χ1n) is 6.87. The van der Waals surface area contributed by atoms with E-state index in [1.165, 1.54) is 51.9 Å². The van der Waals surface area contributed by atoms with Crippen LogP contribution in [0.25, 0.3) is 0 Å². The first kappa shape index (κ1) is 11.7. The molecule has 3 heteroatoms. The van der Waals surface area contributed by atoms with Gasteiger partial charge >= 0.3 is 0 Å². The number of halogens is 1. The molecule has 2 nitrogen and oxygen atoms in total. The molecule has 2 heterocycles. The van der Waals surface area contributed by atoms with E-state index in [9.17, 15) is 0 Å². The lowest BCUT2D eigenvalue weighted by atomic mass is 10.0. The van der Waals surface area contributed by atoms with Gasteiger partial charge in [0.15, 0.2) is 0 Å². The minimum atomic E-state index is 0.867. The number of hydrogen-bond donors (Lipinski definition) is 0. The predicted octanol–water partition coefficient (Wildman–Crippen LogP) is 2.78. The zero-order valence-electron chi connectivity index (χ0n) is 10.2. The van der Waals surface area contributed by atoms with Gasteiger partial charge < -0.3 is 0 Å². The summed E-state index contributed by atoms with van der Waals surface area (Å²) in [4.78, 5) is 2.81. The van der Waals surface area contributed by atoms with Crippen molar-refractivity contribution in [1.82, 2.24) is 8.01 Å². The van der Waals surface area contributed by atoms with Gasteiger partial charge in [-0.25, -0.2) is 3.11 Å². The number of hydrogen-bond acceptors (Lipinski definition) is 2. The van der Waals surface area contributed by atoms with E-state index in [-0.39, 0.29) is 0 Å². The summed E-state index contributed by atoms with van der Waals surface area (Å²) < 4.78 is 2.49. The maximum absolute atomic E-state index is 2.81. The van der Waals surface area contributed by atoms with E-state index in [1.807, 2.05) is 0 Å². The molecule has 3 fully saturated rings. The molecule has 0 aromatic rings. The van der Waals surface area contributed by atoms with Gasteiger partial charge in [-0.15, -0.1) is 0 Å². The van der Waals surface area contributed by atoms with Crippen LogP contribution in [-0.2, 0) is 0 Å². The van der Waals surface area contributed by atoms with Gasteiger partial charge in [-0.05, 0) is 43.4 Å². The summed E-state index contributed by atoms with van der Waals surface area (Å²) in [7, 11) is 0. The SMILES string of the molecule is CC1CC2CN(C3CCCN(I)C3)CC2C1. The van der Waals surface area contributed by atoms with Crippen molar-refractivity contribution in [2.75, 3.05) is 26.2 Å². The Morgan fingerprint density at radius 1 is 1.06 bits per heavy atom. The van der Waals surface area contributed by atoms with Crippen molar-refractivity contribution in [3.63, 3.8) is 0 Å². The zero-order chi connectivity index (χ0) is 11.1. The van der Waals surface area contributed by atoms with Crippen LogP contribution in [0.3, 0.4) is 0 Å². The average molecular weight is 334 g/mol. The molecule has 92 valence electrons. The molecule has 16 heavy (non-hydrogen) atoms. The molecule has 0 aromatic carbocycles. The van der Waals surface area contributed by atoms with E-state index < -0.39 is 0 Å². The normalized spacial score (nSPS) is 46.1. The summed E-state index contributed by atoms with van der Waals surface area (Å²) in [6.45, 7) is 7.86. The minimum Gasteiger partial charge on any atom is -0.299 e. The van der Waals surface area contributed by atoms with Crippen LogP contribution in [0.2, 0.25) is 0 Å². The Morgan fingerprint density at radius 2 is 1.75 bits per heavy atom. The average Bonchev–Trinajstić information content (AvgIpc) is 2.74. The highest BCUT2D eigenvalue weighted by molar-refractivity contribution is 14.1. The fourth-order valence-corrected chi connectivity index (χ4v) is 4.94. The first-order valence-corrected chi connectivity index (χ1v) is 7.83. The second-order valence-corrected chi connectivity index (χ2v) is 7.58. The number of fused-ring (bicyclic) bond motifs is 1. The smallest absolute Gasteiger partial charge is 0.0237 e. The molecule has 3 rings (SSSR count). The van der Waals surface area contributed by atoms with Gasteiger partial charge in [0.25, 0.3) is 0 Å². The zero-order valence-corrected chi connectivity index (χ0v) is 12.4. The van der Waals surface area contributed by atoms with Gasteiger partial charge in [0.1, 0.15) is 0 Å². The molecule has 1 aliphatic carbocycles. The van der Waals surface area contributed by atoms with Crippen LogP contribution >= 0.6 is 22.9 Å². The van der Waals surface area contributed by atoms with Crippen molar-refractivity contribution in [3.8, 4) is 0 Å². The lowest BCUT2D eigenvalue weighted by Crippen LogP contribution is -2.44.